The Kier molecular flexibility index (Phi) is 5.91. The number of hydrogen-bond acceptors (Lipinski definition) is 4. The SMILES string of the molecule is COc1ccc(CC(=O)N2CCC(N3CC4CC(C3)[C@H]3CCCC(=O)N3C4)CC2)cc1. The molecule has 1 aromatic carbocycles. The van der Waals surface area contributed by atoms with Gasteiger partial charge < -0.3 is 14.5 Å². The molecule has 2 amide bonds. The summed E-state index contributed by atoms with van der Waals surface area (Å²) in [4.78, 5) is 32.2. The second-order valence-electron chi connectivity index (χ2n) is 9.96. The van der Waals surface area contributed by atoms with Crippen molar-refractivity contribution in [3.05, 3.63) is 29.8 Å². The number of carbonyl (C=O) groups is 2. The molecule has 4 saturated heterocycles. The van der Waals surface area contributed by atoms with Crippen LogP contribution in [0.15, 0.2) is 24.3 Å². The van der Waals surface area contributed by atoms with Crippen LogP contribution < -0.4 is 4.74 Å². The molecular formula is C25H35N3O3. The molecule has 6 heteroatoms. The zero-order chi connectivity index (χ0) is 21.4. The number of carbonyl (C=O) groups excluding carboxylic acids is 2. The lowest BCUT2D eigenvalue weighted by molar-refractivity contribution is -0.146. The third kappa shape index (κ3) is 4.32. The molecule has 0 saturated carbocycles. The van der Waals surface area contributed by atoms with Crippen molar-refractivity contribution in [2.24, 2.45) is 11.8 Å². The van der Waals surface area contributed by atoms with Gasteiger partial charge in [0.2, 0.25) is 11.8 Å². The van der Waals surface area contributed by atoms with Gasteiger partial charge in [-0.05, 0) is 61.6 Å². The fraction of sp³-hybridized carbons (Fsp3) is 0.680. The van der Waals surface area contributed by atoms with Crippen LogP contribution in [0.5, 0.6) is 5.75 Å². The summed E-state index contributed by atoms with van der Waals surface area (Å²) in [7, 11) is 1.66. The lowest BCUT2D eigenvalue weighted by Crippen LogP contribution is -2.62. The summed E-state index contributed by atoms with van der Waals surface area (Å²) in [6.45, 7) is 4.95. The normalized spacial score (nSPS) is 29.6. The minimum Gasteiger partial charge on any atom is -0.497 e. The fourth-order valence-corrected chi connectivity index (χ4v) is 6.46. The van der Waals surface area contributed by atoms with Crippen LogP contribution in [0.25, 0.3) is 0 Å². The van der Waals surface area contributed by atoms with Gasteiger partial charge in [0.15, 0.2) is 0 Å². The van der Waals surface area contributed by atoms with E-state index in [1.807, 2.05) is 29.2 Å². The summed E-state index contributed by atoms with van der Waals surface area (Å²) < 4.78 is 5.20. The topological polar surface area (TPSA) is 53.1 Å². The summed E-state index contributed by atoms with van der Waals surface area (Å²) >= 11 is 0. The molecule has 5 rings (SSSR count). The summed E-state index contributed by atoms with van der Waals surface area (Å²) in [5.41, 5.74) is 1.04. The van der Waals surface area contributed by atoms with Gasteiger partial charge in [0.05, 0.1) is 13.5 Å². The maximum atomic E-state index is 12.8. The van der Waals surface area contributed by atoms with Gasteiger partial charge >= 0.3 is 0 Å². The molecular weight excluding hydrogens is 390 g/mol. The Hall–Kier alpha value is -2.08. The lowest BCUT2D eigenvalue weighted by Gasteiger charge is -2.54. The molecule has 31 heavy (non-hydrogen) atoms. The van der Waals surface area contributed by atoms with Crippen molar-refractivity contribution in [3.8, 4) is 5.75 Å². The van der Waals surface area contributed by atoms with E-state index in [1.54, 1.807) is 7.11 Å². The molecule has 2 bridgehead atoms. The first kappa shape index (κ1) is 20.8. The van der Waals surface area contributed by atoms with E-state index in [4.69, 9.17) is 4.74 Å². The summed E-state index contributed by atoms with van der Waals surface area (Å²) in [6.07, 6.45) is 6.91. The summed E-state index contributed by atoms with van der Waals surface area (Å²) in [5, 5.41) is 0. The Morgan fingerprint density at radius 3 is 2.58 bits per heavy atom. The Bertz CT molecular complexity index is 803. The average molecular weight is 426 g/mol. The van der Waals surface area contributed by atoms with Crippen LogP contribution in [0.3, 0.4) is 0 Å². The number of hydrogen-bond donors (Lipinski definition) is 0. The van der Waals surface area contributed by atoms with E-state index >= 15 is 0 Å². The van der Waals surface area contributed by atoms with E-state index in [-0.39, 0.29) is 5.91 Å². The molecule has 3 atom stereocenters. The number of rotatable bonds is 4. The van der Waals surface area contributed by atoms with Crippen LogP contribution in [0.1, 0.15) is 44.1 Å². The number of fused-ring (bicyclic) bond motifs is 4. The highest BCUT2D eigenvalue weighted by atomic mass is 16.5. The van der Waals surface area contributed by atoms with Gasteiger partial charge in [-0.3, -0.25) is 14.5 Å². The third-order valence-electron chi connectivity index (χ3n) is 8.06. The summed E-state index contributed by atoms with van der Waals surface area (Å²) in [6, 6.07) is 8.86. The molecule has 4 aliphatic rings. The number of amides is 2. The van der Waals surface area contributed by atoms with Gasteiger partial charge in [0, 0.05) is 51.2 Å². The molecule has 4 heterocycles. The number of benzene rings is 1. The molecule has 168 valence electrons. The molecule has 0 spiro atoms. The number of likely N-dealkylation sites (tertiary alicyclic amines) is 2. The molecule has 0 N–H and O–H groups in total. The standard InChI is InChI=1S/C25H35N3O3/c1-31-22-7-5-18(6-8-22)14-25(30)26-11-9-21(10-12-26)27-15-19-13-20(17-27)23-3-2-4-24(29)28(23)16-19/h5-8,19-21,23H,2-4,9-17H2,1H3/t19?,20?,23-/m1/s1. The van der Waals surface area contributed by atoms with Crippen molar-refractivity contribution < 1.29 is 14.3 Å². The van der Waals surface area contributed by atoms with Crippen LogP contribution >= 0.6 is 0 Å². The van der Waals surface area contributed by atoms with Crippen LogP contribution in [0.4, 0.5) is 0 Å². The molecule has 4 aliphatic heterocycles. The molecule has 2 unspecified atom stereocenters. The van der Waals surface area contributed by atoms with E-state index in [9.17, 15) is 9.59 Å². The monoisotopic (exact) mass is 425 g/mol. The number of methoxy groups -OCH3 is 1. The lowest BCUT2D eigenvalue weighted by atomic mass is 9.75. The molecule has 0 aliphatic carbocycles. The van der Waals surface area contributed by atoms with E-state index in [0.717, 1.165) is 69.7 Å². The van der Waals surface area contributed by atoms with Crippen molar-refractivity contribution in [2.45, 2.75) is 57.0 Å². The van der Waals surface area contributed by atoms with Crippen LogP contribution in [-0.2, 0) is 16.0 Å². The van der Waals surface area contributed by atoms with Crippen molar-refractivity contribution in [2.75, 3.05) is 39.8 Å². The van der Waals surface area contributed by atoms with Gasteiger partial charge in [-0.15, -0.1) is 0 Å². The van der Waals surface area contributed by atoms with Crippen molar-refractivity contribution in [1.29, 1.82) is 0 Å². The predicted octanol–water partition coefficient (Wildman–Crippen LogP) is 2.56. The Labute approximate surface area is 185 Å². The second kappa shape index (κ2) is 8.81. The zero-order valence-corrected chi connectivity index (χ0v) is 18.7. The zero-order valence-electron chi connectivity index (χ0n) is 18.7. The Balaban J connectivity index is 1.14. The molecule has 0 aromatic heterocycles. The van der Waals surface area contributed by atoms with Gasteiger partial charge in [-0.1, -0.05) is 12.1 Å². The van der Waals surface area contributed by atoms with Gasteiger partial charge in [-0.2, -0.15) is 0 Å². The molecule has 0 radical (unpaired) electrons. The number of ether oxygens (including phenoxy) is 1. The number of piperidine rings is 4. The van der Waals surface area contributed by atoms with E-state index < -0.39 is 0 Å². The Morgan fingerprint density at radius 1 is 1.06 bits per heavy atom. The van der Waals surface area contributed by atoms with Crippen LogP contribution in [0.2, 0.25) is 0 Å². The Morgan fingerprint density at radius 2 is 1.84 bits per heavy atom. The van der Waals surface area contributed by atoms with Crippen LogP contribution in [0, 0.1) is 11.8 Å². The predicted molar refractivity (Wildman–Crippen MR) is 119 cm³/mol. The fourth-order valence-electron chi connectivity index (χ4n) is 6.46. The average Bonchev–Trinajstić information content (AvgIpc) is 2.80. The highest BCUT2D eigenvalue weighted by Gasteiger charge is 2.45. The largest absolute Gasteiger partial charge is 0.497 e. The van der Waals surface area contributed by atoms with Crippen LogP contribution in [-0.4, -0.2) is 78.4 Å². The van der Waals surface area contributed by atoms with Gasteiger partial charge in [-0.25, -0.2) is 0 Å². The molecule has 4 fully saturated rings. The van der Waals surface area contributed by atoms with E-state index in [2.05, 4.69) is 9.80 Å². The maximum Gasteiger partial charge on any atom is 0.226 e. The minimum absolute atomic E-state index is 0.232. The smallest absolute Gasteiger partial charge is 0.226 e. The first-order valence-corrected chi connectivity index (χ1v) is 12.0. The van der Waals surface area contributed by atoms with E-state index in [1.165, 1.54) is 12.8 Å². The first-order valence-electron chi connectivity index (χ1n) is 12.0. The minimum atomic E-state index is 0.232. The second-order valence-corrected chi connectivity index (χ2v) is 9.96. The third-order valence-corrected chi connectivity index (χ3v) is 8.06. The van der Waals surface area contributed by atoms with Gasteiger partial charge in [0.25, 0.3) is 0 Å². The van der Waals surface area contributed by atoms with Gasteiger partial charge in [0.1, 0.15) is 5.75 Å². The molecule has 1 aromatic rings. The first-order chi connectivity index (χ1) is 15.1. The molecule has 6 nitrogen and oxygen atoms in total. The van der Waals surface area contributed by atoms with Crippen molar-refractivity contribution in [3.63, 3.8) is 0 Å². The highest BCUT2D eigenvalue weighted by Crippen LogP contribution is 2.39. The highest BCUT2D eigenvalue weighted by molar-refractivity contribution is 5.79. The summed E-state index contributed by atoms with van der Waals surface area (Å²) in [5.74, 6) is 2.72. The number of nitrogens with zero attached hydrogens (tertiary/aromatic N) is 3. The van der Waals surface area contributed by atoms with Crippen molar-refractivity contribution >= 4 is 11.8 Å². The maximum absolute atomic E-state index is 12.8. The van der Waals surface area contributed by atoms with Crippen molar-refractivity contribution in [1.82, 2.24) is 14.7 Å². The van der Waals surface area contributed by atoms with E-state index in [0.29, 0.717) is 36.2 Å². The quantitative estimate of drug-likeness (QED) is 0.744.